The van der Waals surface area contributed by atoms with Crippen LogP contribution in [0.15, 0.2) is 0 Å². The first-order valence-electron chi connectivity index (χ1n) is 5.73. The van der Waals surface area contributed by atoms with Crippen LogP contribution in [0.2, 0.25) is 0 Å². The summed E-state index contributed by atoms with van der Waals surface area (Å²) in [6.45, 7) is 8.09. The highest BCUT2D eigenvalue weighted by atomic mass is 16.5. The summed E-state index contributed by atoms with van der Waals surface area (Å²) >= 11 is 0. The molecule has 1 aliphatic heterocycles. The second-order valence-corrected chi connectivity index (χ2v) is 4.34. The van der Waals surface area contributed by atoms with Crippen LogP contribution in [0.5, 0.6) is 0 Å². The van der Waals surface area contributed by atoms with E-state index in [1.54, 1.807) is 0 Å². The first-order valence-corrected chi connectivity index (χ1v) is 5.73. The van der Waals surface area contributed by atoms with E-state index in [1.807, 2.05) is 20.8 Å². The first-order chi connectivity index (χ1) is 7.08. The van der Waals surface area contributed by atoms with Crippen molar-refractivity contribution in [1.29, 1.82) is 0 Å². The molecule has 0 spiro atoms. The van der Waals surface area contributed by atoms with Gasteiger partial charge in [0.25, 0.3) is 0 Å². The maximum atomic E-state index is 11.8. The molecule has 4 nitrogen and oxygen atoms in total. The van der Waals surface area contributed by atoms with Crippen molar-refractivity contribution in [3.8, 4) is 0 Å². The van der Waals surface area contributed by atoms with Crippen LogP contribution in [0, 0.1) is 0 Å². The van der Waals surface area contributed by atoms with Gasteiger partial charge >= 0.3 is 0 Å². The molecular weight excluding hydrogens is 192 g/mol. The van der Waals surface area contributed by atoms with E-state index in [-0.39, 0.29) is 17.6 Å². The third-order valence-electron chi connectivity index (χ3n) is 2.87. The molecule has 1 fully saturated rings. The van der Waals surface area contributed by atoms with Crippen LogP contribution in [0.4, 0.5) is 0 Å². The van der Waals surface area contributed by atoms with Crippen LogP contribution < -0.4 is 10.6 Å². The number of carbonyl (C=O) groups is 1. The molecule has 0 radical (unpaired) electrons. The van der Waals surface area contributed by atoms with Crippen LogP contribution in [-0.2, 0) is 9.53 Å². The second-order valence-electron chi connectivity index (χ2n) is 4.34. The van der Waals surface area contributed by atoms with Gasteiger partial charge in [-0.25, -0.2) is 0 Å². The Bertz CT molecular complexity index is 213. The van der Waals surface area contributed by atoms with Gasteiger partial charge < -0.3 is 15.4 Å². The zero-order valence-electron chi connectivity index (χ0n) is 9.93. The molecular formula is C11H22N2O2. The van der Waals surface area contributed by atoms with E-state index in [9.17, 15) is 4.79 Å². The van der Waals surface area contributed by atoms with E-state index in [1.165, 1.54) is 0 Å². The summed E-state index contributed by atoms with van der Waals surface area (Å²) in [5, 5.41) is 6.16. The van der Waals surface area contributed by atoms with Gasteiger partial charge in [0.15, 0.2) is 0 Å². The molecule has 1 heterocycles. The predicted octanol–water partition coefficient (Wildman–Crippen LogP) is 0.670. The monoisotopic (exact) mass is 214 g/mol. The normalized spacial score (nSPS) is 27.7. The Hall–Kier alpha value is -0.610. The SMILES string of the molecule is CCOC(C)CNC(=O)C1(C)CCCN1. The molecule has 0 saturated carbocycles. The molecule has 0 bridgehead atoms. The van der Waals surface area contributed by atoms with Crippen molar-refractivity contribution in [2.45, 2.75) is 45.3 Å². The van der Waals surface area contributed by atoms with Gasteiger partial charge in [-0.15, -0.1) is 0 Å². The van der Waals surface area contributed by atoms with E-state index < -0.39 is 0 Å². The smallest absolute Gasteiger partial charge is 0.240 e. The molecule has 0 aromatic rings. The van der Waals surface area contributed by atoms with Crippen molar-refractivity contribution in [1.82, 2.24) is 10.6 Å². The lowest BCUT2D eigenvalue weighted by atomic mass is 9.99. The van der Waals surface area contributed by atoms with Gasteiger partial charge in [-0.3, -0.25) is 4.79 Å². The van der Waals surface area contributed by atoms with Crippen LogP contribution >= 0.6 is 0 Å². The number of hydrogen-bond donors (Lipinski definition) is 2. The molecule has 0 aliphatic carbocycles. The number of hydrogen-bond acceptors (Lipinski definition) is 3. The number of rotatable bonds is 5. The molecule has 1 amide bonds. The van der Waals surface area contributed by atoms with Gasteiger partial charge in [0, 0.05) is 13.2 Å². The largest absolute Gasteiger partial charge is 0.377 e. The van der Waals surface area contributed by atoms with E-state index in [0.29, 0.717) is 13.2 Å². The highest BCUT2D eigenvalue weighted by molar-refractivity contribution is 5.86. The zero-order chi connectivity index (χ0) is 11.3. The minimum absolute atomic E-state index is 0.0870. The van der Waals surface area contributed by atoms with E-state index in [2.05, 4.69) is 10.6 Å². The maximum Gasteiger partial charge on any atom is 0.240 e. The number of ether oxygens (including phenoxy) is 1. The fourth-order valence-electron chi connectivity index (χ4n) is 1.86. The van der Waals surface area contributed by atoms with Crippen molar-refractivity contribution >= 4 is 5.91 Å². The van der Waals surface area contributed by atoms with Gasteiger partial charge in [0.05, 0.1) is 11.6 Å². The van der Waals surface area contributed by atoms with Gasteiger partial charge in [-0.2, -0.15) is 0 Å². The molecule has 1 aliphatic rings. The van der Waals surface area contributed by atoms with E-state index in [4.69, 9.17) is 4.74 Å². The topological polar surface area (TPSA) is 50.4 Å². The number of nitrogens with one attached hydrogen (secondary N) is 2. The van der Waals surface area contributed by atoms with Crippen LogP contribution in [0.3, 0.4) is 0 Å². The Kier molecular flexibility index (Phi) is 4.54. The van der Waals surface area contributed by atoms with E-state index >= 15 is 0 Å². The van der Waals surface area contributed by atoms with Gasteiger partial charge in [-0.1, -0.05) is 0 Å². The Balaban J connectivity index is 2.29. The third-order valence-corrected chi connectivity index (χ3v) is 2.87. The molecule has 1 rings (SSSR count). The third kappa shape index (κ3) is 3.47. The van der Waals surface area contributed by atoms with Crippen molar-refractivity contribution in [2.24, 2.45) is 0 Å². The van der Waals surface area contributed by atoms with Gasteiger partial charge in [0.2, 0.25) is 5.91 Å². The lowest BCUT2D eigenvalue weighted by Gasteiger charge is -2.24. The molecule has 4 heteroatoms. The molecule has 1 saturated heterocycles. The molecule has 0 aromatic heterocycles. The Morgan fingerprint density at radius 3 is 2.93 bits per heavy atom. The lowest BCUT2D eigenvalue weighted by Crippen LogP contribution is -2.52. The average Bonchev–Trinajstić information content (AvgIpc) is 2.63. The molecule has 0 aromatic carbocycles. The van der Waals surface area contributed by atoms with Gasteiger partial charge in [-0.05, 0) is 40.2 Å². The summed E-state index contributed by atoms with van der Waals surface area (Å²) in [4.78, 5) is 11.8. The summed E-state index contributed by atoms with van der Waals surface area (Å²) in [5.41, 5.74) is -0.369. The first kappa shape index (κ1) is 12.5. The Labute approximate surface area is 91.8 Å². The summed E-state index contributed by atoms with van der Waals surface area (Å²) in [5.74, 6) is 0.0894. The average molecular weight is 214 g/mol. The number of amides is 1. The lowest BCUT2D eigenvalue weighted by molar-refractivity contribution is -0.127. The number of carbonyl (C=O) groups excluding carboxylic acids is 1. The van der Waals surface area contributed by atoms with Crippen LogP contribution in [-0.4, -0.2) is 37.2 Å². The second kappa shape index (κ2) is 5.47. The quantitative estimate of drug-likeness (QED) is 0.707. The fourth-order valence-corrected chi connectivity index (χ4v) is 1.86. The summed E-state index contributed by atoms with van der Waals surface area (Å²) in [7, 11) is 0. The molecule has 2 N–H and O–H groups in total. The zero-order valence-corrected chi connectivity index (χ0v) is 9.93. The van der Waals surface area contributed by atoms with Gasteiger partial charge in [0.1, 0.15) is 0 Å². The molecule has 2 unspecified atom stereocenters. The Morgan fingerprint density at radius 1 is 1.67 bits per heavy atom. The minimum Gasteiger partial charge on any atom is -0.377 e. The fraction of sp³-hybridized carbons (Fsp3) is 0.909. The van der Waals surface area contributed by atoms with Crippen LogP contribution in [0.25, 0.3) is 0 Å². The predicted molar refractivity (Wildman–Crippen MR) is 59.7 cm³/mol. The molecule has 2 atom stereocenters. The highest BCUT2D eigenvalue weighted by Gasteiger charge is 2.35. The highest BCUT2D eigenvalue weighted by Crippen LogP contribution is 2.18. The maximum absolute atomic E-state index is 11.8. The molecule has 15 heavy (non-hydrogen) atoms. The van der Waals surface area contributed by atoms with Crippen molar-refractivity contribution in [3.63, 3.8) is 0 Å². The van der Waals surface area contributed by atoms with Crippen molar-refractivity contribution < 1.29 is 9.53 Å². The standard InChI is InChI=1S/C11H22N2O2/c1-4-15-9(2)8-12-10(14)11(3)6-5-7-13-11/h9,13H,4-8H2,1-3H3,(H,12,14). The van der Waals surface area contributed by atoms with Crippen LogP contribution in [0.1, 0.15) is 33.6 Å². The van der Waals surface area contributed by atoms with Crippen molar-refractivity contribution in [2.75, 3.05) is 19.7 Å². The Morgan fingerprint density at radius 2 is 2.40 bits per heavy atom. The van der Waals surface area contributed by atoms with Crippen molar-refractivity contribution in [3.05, 3.63) is 0 Å². The summed E-state index contributed by atoms with van der Waals surface area (Å²) in [6, 6.07) is 0. The van der Waals surface area contributed by atoms with E-state index in [0.717, 1.165) is 19.4 Å². The minimum atomic E-state index is -0.369. The molecule has 88 valence electrons. The summed E-state index contributed by atoms with van der Waals surface area (Å²) in [6.07, 6.45) is 2.08. The summed E-state index contributed by atoms with van der Waals surface area (Å²) < 4.78 is 5.35.